The summed E-state index contributed by atoms with van der Waals surface area (Å²) in [6.07, 6.45) is 1.72. The smallest absolute Gasteiger partial charge is 0.103 e. The first-order chi connectivity index (χ1) is 6.86. The molecule has 0 aliphatic carbocycles. The van der Waals surface area contributed by atoms with Crippen molar-refractivity contribution < 1.29 is 0 Å². The number of hydrazine groups is 1. The van der Waals surface area contributed by atoms with E-state index in [1.165, 1.54) is 0 Å². The summed E-state index contributed by atoms with van der Waals surface area (Å²) in [6.45, 7) is 6.15. The predicted octanol–water partition coefficient (Wildman–Crippen LogP) is 2.19. The zero-order valence-corrected chi connectivity index (χ0v) is 8.77. The van der Waals surface area contributed by atoms with Crippen LogP contribution >= 0.6 is 0 Å². The van der Waals surface area contributed by atoms with E-state index in [2.05, 4.69) is 29.3 Å². The van der Waals surface area contributed by atoms with E-state index in [1.54, 1.807) is 6.34 Å². The number of rotatable bonds is 5. The van der Waals surface area contributed by atoms with Gasteiger partial charge in [0.15, 0.2) is 0 Å². The summed E-state index contributed by atoms with van der Waals surface area (Å²) in [5, 5.41) is 2.08. The first-order valence-corrected chi connectivity index (χ1v) is 4.95. The number of para-hydroxylation sites is 1. The van der Waals surface area contributed by atoms with Crippen molar-refractivity contribution in [3.63, 3.8) is 0 Å². The molecule has 76 valence electrons. The topological polar surface area (TPSA) is 27.6 Å². The van der Waals surface area contributed by atoms with Gasteiger partial charge >= 0.3 is 0 Å². The summed E-state index contributed by atoms with van der Waals surface area (Å²) in [7, 11) is 0. The molecule has 0 unspecified atom stereocenters. The Balaban J connectivity index is 2.41. The van der Waals surface area contributed by atoms with Crippen molar-refractivity contribution in [3.8, 4) is 0 Å². The zero-order chi connectivity index (χ0) is 10.2. The van der Waals surface area contributed by atoms with Crippen LogP contribution in [0.4, 0.5) is 5.69 Å². The molecule has 0 amide bonds. The first kappa shape index (κ1) is 10.7. The Morgan fingerprint density at radius 3 is 2.43 bits per heavy atom. The van der Waals surface area contributed by atoms with Gasteiger partial charge in [-0.15, -0.1) is 0 Å². The fraction of sp³-hybridized carbons (Fsp3) is 0.364. The lowest BCUT2D eigenvalue weighted by molar-refractivity contribution is 0.266. The fourth-order valence-corrected chi connectivity index (χ4v) is 1.11. The molecule has 0 bridgehead atoms. The molecule has 0 fully saturated rings. The highest BCUT2D eigenvalue weighted by Gasteiger charge is 1.91. The predicted molar refractivity (Wildman–Crippen MR) is 60.7 cm³/mol. The molecule has 0 radical (unpaired) electrons. The van der Waals surface area contributed by atoms with E-state index in [4.69, 9.17) is 0 Å². The van der Waals surface area contributed by atoms with Crippen LogP contribution in [0.25, 0.3) is 0 Å². The van der Waals surface area contributed by atoms with E-state index in [0.717, 1.165) is 18.8 Å². The second kappa shape index (κ2) is 6.16. The van der Waals surface area contributed by atoms with Crippen LogP contribution in [0.15, 0.2) is 35.3 Å². The largest absolute Gasteiger partial charge is 0.309 e. The Kier molecular flexibility index (Phi) is 4.72. The van der Waals surface area contributed by atoms with Gasteiger partial charge in [-0.2, -0.15) is 0 Å². The summed E-state index contributed by atoms with van der Waals surface area (Å²) in [5.41, 5.74) is 4.07. The average Bonchev–Trinajstić information content (AvgIpc) is 2.26. The first-order valence-electron chi connectivity index (χ1n) is 4.95. The molecule has 14 heavy (non-hydrogen) atoms. The highest BCUT2D eigenvalue weighted by molar-refractivity contribution is 5.60. The van der Waals surface area contributed by atoms with Crippen molar-refractivity contribution in [2.45, 2.75) is 13.8 Å². The standard InChI is InChI=1S/C11H17N3/c1-3-14(4-2)13-10-12-11-8-6-5-7-9-11/h5-10H,3-4H2,1-2H3,(H,12,13). The van der Waals surface area contributed by atoms with Crippen LogP contribution in [0.3, 0.4) is 0 Å². The highest BCUT2D eigenvalue weighted by atomic mass is 15.5. The molecule has 0 saturated heterocycles. The van der Waals surface area contributed by atoms with Crippen molar-refractivity contribution in [1.82, 2.24) is 10.4 Å². The number of benzene rings is 1. The maximum absolute atomic E-state index is 4.26. The van der Waals surface area contributed by atoms with Crippen LogP contribution in [0.2, 0.25) is 0 Å². The van der Waals surface area contributed by atoms with E-state index in [0.29, 0.717) is 0 Å². The van der Waals surface area contributed by atoms with Gasteiger partial charge < -0.3 is 5.43 Å². The second-order valence-electron chi connectivity index (χ2n) is 2.90. The van der Waals surface area contributed by atoms with Crippen molar-refractivity contribution in [2.24, 2.45) is 4.99 Å². The van der Waals surface area contributed by atoms with Crippen molar-refractivity contribution >= 4 is 12.0 Å². The molecule has 1 N–H and O–H groups in total. The van der Waals surface area contributed by atoms with Gasteiger partial charge in [0.1, 0.15) is 6.34 Å². The molecule has 0 heterocycles. The second-order valence-corrected chi connectivity index (χ2v) is 2.90. The average molecular weight is 191 g/mol. The quantitative estimate of drug-likeness (QED) is 0.439. The van der Waals surface area contributed by atoms with Crippen LogP contribution < -0.4 is 5.43 Å². The molecule has 0 spiro atoms. The van der Waals surface area contributed by atoms with Gasteiger partial charge in [-0.25, -0.2) is 10.0 Å². The van der Waals surface area contributed by atoms with Crippen LogP contribution in [0.5, 0.6) is 0 Å². The summed E-state index contributed by atoms with van der Waals surface area (Å²) in [4.78, 5) is 4.26. The van der Waals surface area contributed by atoms with Crippen LogP contribution in [0, 0.1) is 0 Å². The van der Waals surface area contributed by atoms with Crippen molar-refractivity contribution in [1.29, 1.82) is 0 Å². The van der Waals surface area contributed by atoms with Gasteiger partial charge in [-0.05, 0) is 12.1 Å². The zero-order valence-electron chi connectivity index (χ0n) is 8.77. The minimum Gasteiger partial charge on any atom is -0.309 e. The molecule has 0 saturated carbocycles. The third-order valence-electron chi connectivity index (χ3n) is 1.97. The molecule has 0 atom stereocenters. The van der Waals surface area contributed by atoms with E-state index in [1.807, 2.05) is 30.3 Å². The number of nitrogens with one attached hydrogen (secondary N) is 1. The Labute approximate surface area is 85.4 Å². The third-order valence-corrected chi connectivity index (χ3v) is 1.97. The van der Waals surface area contributed by atoms with Gasteiger partial charge in [0.2, 0.25) is 0 Å². The number of nitrogens with zero attached hydrogens (tertiary/aromatic N) is 2. The van der Waals surface area contributed by atoms with E-state index in [9.17, 15) is 0 Å². The molecular weight excluding hydrogens is 174 g/mol. The van der Waals surface area contributed by atoms with Gasteiger partial charge in [-0.3, -0.25) is 0 Å². The number of hydrogen-bond donors (Lipinski definition) is 1. The summed E-state index contributed by atoms with van der Waals surface area (Å²) in [6, 6.07) is 9.88. The highest BCUT2D eigenvalue weighted by Crippen LogP contribution is 2.07. The van der Waals surface area contributed by atoms with E-state index < -0.39 is 0 Å². The van der Waals surface area contributed by atoms with Crippen molar-refractivity contribution in [2.75, 3.05) is 13.1 Å². The maximum Gasteiger partial charge on any atom is 0.103 e. The Hall–Kier alpha value is -1.35. The Morgan fingerprint density at radius 2 is 1.86 bits per heavy atom. The van der Waals surface area contributed by atoms with Gasteiger partial charge in [0.25, 0.3) is 0 Å². The van der Waals surface area contributed by atoms with Crippen LogP contribution in [-0.4, -0.2) is 24.4 Å². The van der Waals surface area contributed by atoms with Gasteiger partial charge in [-0.1, -0.05) is 32.0 Å². The minimum atomic E-state index is 0.965. The molecule has 3 nitrogen and oxygen atoms in total. The lowest BCUT2D eigenvalue weighted by atomic mass is 10.3. The summed E-state index contributed by atoms with van der Waals surface area (Å²) in [5.74, 6) is 0. The molecular formula is C11H17N3. The molecule has 1 rings (SSSR count). The Bertz CT molecular complexity index is 265. The molecule has 0 aliphatic rings. The summed E-state index contributed by atoms with van der Waals surface area (Å²) >= 11 is 0. The van der Waals surface area contributed by atoms with Gasteiger partial charge in [0.05, 0.1) is 5.69 Å². The molecule has 3 heteroatoms. The molecule has 1 aromatic rings. The van der Waals surface area contributed by atoms with Crippen LogP contribution in [0.1, 0.15) is 13.8 Å². The van der Waals surface area contributed by atoms with Crippen LogP contribution in [-0.2, 0) is 0 Å². The maximum atomic E-state index is 4.26. The molecule has 1 aromatic carbocycles. The molecule has 0 aromatic heterocycles. The Morgan fingerprint density at radius 1 is 1.21 bits per heavy atom. The lowest BCUT2D eigenvalue weighted by Crippen LogP contribution is -2.36. The summed E-state index contributed by atoms with van der Waals surface area (Å²) < 4.78 is 0. The third kappa shape index (κ3) is 3.58. The normalized spacial score (nSPS) is 11.1. The number of hydrogen-bond acceptors (Lipinski definition) is 2. The minimum absolute atomic E-state index is 0.965. The van der Waals surface area contributed by atoms with E-state index >= 15 is 0 Å². The number of aliphatic imine (C=N–C) groups is 1. The molecule has 0 aliphatic heterocycles. The van der Waals surface area contributed by atoms with E-state index in [-0.39, 0.29) is 0 Å². The lowest BCUT2D eigenvalue weighted by Gasteiger charge is -2.16. The monoisotopic (exact) mass is 191 g/mol. The van der Waals surface area contributed by atoms with Gasteiger partial charge in [0, 0.05) is 13.1 Å². The van der Waals surface area contributed by atoms with Crippen molar-refractivity contribution in [3.05, 3.63) is 30.3 Å². The fourth-order valence-electron chi connectivity index (χ4n) is 1.11. The SMILES string of the molecule is CCN(CC)NC=Nc1ccccc1.